The predicted molar refractivity (Wildman–Crippen MR) is 96.1 cm³/mol. The minimum atomic E-state index is -0.776. The molecule has 0 amide bonds. The van der Waals surface area contributed by atoms with Crippen LogP contribution in [0.25, 0.3) is 11.1 Å². The number of halogens is 3. The summed E-state index contributed by atoms with van der Waals surface area (Å²) in [6, 6.07) is 8.11. The summed E-state index contributed by atoms with van der Waals surface area (Å²) in [6.07, 6.45) is 6.50. The van der Waals surface area contributed by atoms with Gasteiger partial charge in [0.25, 0.3) is 0 Å². The van der Waals surface area contributed by atoms with E-state index in [2.05, 4.69) is 6.92 Å². The molecular formula is C22H22F3N. The van der Waals surface area contributed by atoms with Crippen LogP contribution in [0.5, 0.6) is 0 Å². The topological polar surface area (TPSA) is 23.8 Å². The molecule has 26 heavy (non-hydrogen) atoms. The summed E-state index contributed by atoms with van der Waals surface area (Å²) in [5.74, 6) is -1.23. The molecule has 4 heteroatoms. The Kier molecular flexibility index (Phi) is 5.66. The fraction of sp³-hybridized carbons (Fsp3) is 0.409. The van der Waals surface area contributed by atoms with Gasteiger partial charge in [0.05, 0.1) is 11.1 Å². The molecule has 0 aliphatic heterocycles. The molecule has 0 heterocycles. The van der Waals surface area contributed by atoms with E-state index in [9.17, 15) is 13.2 Å². The molecule has 0 atom stereocenters. The highest BCUT2D eigenvalue weighted by atomic mass is 19.1. The van der Waals surface area contributed by atoms with Crippen molar-refractivity contribution in [2.24, 2.45) is 5.92 Å². The second-order valence-electron chi connectivity index (χ2n) is 7.17. The number of rotatable bonds is 4. The first-order valence-electron chi connectivity index (χ1n) is 9.22. The van der Waals surface area contributed by atoms with Crippen molar-refractivity contribution in [2.45, 2.75) is 51.4 Å². The maximum absolute atomic E-state index is 14.6. The molecule has 1 saturated carbocycles. The van der Waals surface area contributed by atoms with Crippen LogP contribution in [-0.2, 0) is 0 Å². The van der Waals surface area contributed by atoms with Crippen molar-refractivity contribution in [1.82, 2.24) is 0 Å². The quantitative estimate of drug-likeness (QED) is 0.596. The fourth-order valence-corrected chi connectivity index (χ4v) is 4.06. The molecule has 1 aliphatic carbocycles. The van der Waals surface area contributed by atoms with E-state index in [1.165, 1.54) is 37.1 Å². The molecule has 1 aliphatic rings. The average molecular weight is 357 g/mol. The highest BCUT2D eigenvalue weighted by molar-refractivity contribution is 5.66. The van der Waals surface area contributed by atoms with Crippen molar-refractivity contribution in [3.63, 3.8) is 0 Å². The monoisotopic (exact) mass is 357 g/mol. The predicted octanol–water partition coefficient (Wildman–Crippen LogP) is 6.72. The zero-order valence-corrected chi connectivity index (χ0v) is 14.9. The number of benzene rings is 2. The van der Waals surface area contributed by atoms with Gasteiger partial charge in [-0.3, -0.25) is 0 Å². The molecule has 1 nitrogen and oxygen atoms in total. The summed E-state index contributed by atoms with van der Waals surface area (Å²) >= 11 is 0. The lowest BCUT2D eigenvalue weighted by Crippen LogP contribution is -2.13. The zero-order valence-electron chi connectivity index (χ0n) is 14.9. The van der Waals surface area contributed by atoms with Gasteiger partial charge in [-0.15, -0.1) is 0 Å². The standard InChI is InChI=1S/C22H22F3N/c1-2-3-14-4-6-15(7-5-14)18-11-20(24)22(21(25)12-18)16-8-9-17(13-26)19(23)10-16/h8-12,14-15H,2-7H2,1H3/t14-,15-. The van der Waals surface area contributed by atoms with Crippen LogP contribution in [-0.4, -0.2) is 0 Å². The van der Waals surface area contributed by atoms with Crippen molar-refractivity contribution in [3.05, 3.63) is 58.9 Å². The lowest BCUT2D eigenvalue weighted by molar-refractivity contribution is 0.307. The van der Waals surface area contributed by atoms with Gasteiger partial charge >= 0.3 is 0 Å². The van der Waals surface area contributed by atoms with Gasteiger partial charge in [-0.2, -0.15) is 5.26 Å². The van der Waals surface area contributed by atoms with Crippen molar-refractivity contribution in [3.8, 4) is 17.2 Å². The van der Waals surface area contributed by atoms with Gasteiger partial charge in [0.2, 0.25) is 0 Å². The Morgan fingerprint density at radius 1 is 0.962 bits per heavy atom. The lowest BCUT2D eigenvalue weighted by Gasteiger charge is -2.29. The first-order chi connectivity index (χ1) is 12.5. The Hall–Kier alpha value is -2.28. The third kappa shape index (κ3) is 3.77. The molecule has 0 radical (unpaired) electrons. The average Bonchev–Trinajstić information content (AvgIpc) is 2.62. The smallest absolute Gasteiger partial charge is 0.141 e. The normalized spacial score (nSPS) is 20.0. The van der Waals surface area contributed by atoms with Gasteiger partial charge in [-0.05, 0) is 72.9 Å². The van der Waals surface area contributed by atoms with Crippen LogP contribution < -0.4 is 0 Å². The van der Waals surface area contributed by atoms with Crippen LogP contribution in [0, 0.1) is 34.7 Å². The molecule has 1 fully saturated rings. The molecule has 0 unspecified atom stereocenters. The van der Waals surface area contributed by atoms with Crippen LogP contribution in [0.4, 0.5) is 13.2 Å². The van der Waals surface area contributed by atoms with Crippen molar-refractivity contribution >= 4 is 0 Å². The Morgan fingerprint density at radius 3 is 2.15 bits per heavy atom. The first-order valence-corrected chi connectivity index (χ1v) is 9.22. The number of nitrogens with zero attached hydrogens (tertiary/aromatic N) is 1. The first kappa shape index (κ1) is 18.5. The van der Waals surface area contributed by atoms with Crippen molar-refractivity contribution in [1.29, 1.82) is 5.26 Å². The summed E-state index contributed by atoms with van der Waals surface area (Å²) in [5.41, 5.74) is 0.411. The Morgan fingerprint density at radius 2 is 1.62 bits per heavy atom. The van der Waals surface area contributed by atoms with E-state index < -0.39 is 17.5 Å². The van der Waals surface area contributed by atoms with Crippen molar-refractivity contribution < 1.29 is 13.2 Å². The summed E-state index contributed by atoms with van der Waals surface area (Å²) < 4.78 is 43.1. The largest absolute Gasteiger partial charge is 0.206 e. The minimum Gasteiger partial charge on any atom is -0.206 e. The second kappa shape index (κ2) is 7.95. The maximum Gasteiger partial charge on any atom is 0.141 e. The van der Waals surface area contributed by atoms with Crippen molar-refractivity contribution in [2.75, 3.05) is 0 Å². The molecule has 0 saturated heterocycles. The van der Waals surface area contributed by atoms with E-state index in [0.717, 1.165) is 37.7 Å². The van der Waals surface area contributed by atoms with E-state index in [1.807, 2.05) is 0 Å². The third-order valence-corrected chi connectivity index (χ3v) is 5.46. The van der Waals surface area contributed by atoms with E-state index in [-0.39, 0.29) is 22.6 Å². The van der Waals surface area contributed by atoms with Crippen LogP contribution >= 0.6 is 0 Å². The third-order valence-electron chi connectivity index (χ3n) is 5.46. The van der Waals surface area contributed by atoms with E-state index >= 15 is 0 Å². The Balaban J connectivity index is 1.85. The lowest BCUT2D eigenvalue weighted by atomic mass is 9.77. The maximum atomic E-state index is 14.6. The molecule has 0 N–H and O–H groups in total. The Bertz CT molecular complexity index is 807. The van der Waals surface area contributed by atoms with E-state index in [1.54, 1.807) is 6.07 Å². The minimum absolute atomic E-state index is 0.106. The number of hydrogen-bond donors (Lipinski definition) is 0. The van der Waals surface area contributed by atoms with Gasteiger partial charge < -0.3 is 0 Å². The summed E-state index contributed by atoms with van der Waals surface area (Å²) in [6.45, 7) is 2.18. The molecule has 0 spiro atoms. The number of nitriles is 1. The van der Waals surface area contributed by atoms with Gasteiger partial charge in [0, 0.05) is 0 Å². The molecule has 3 rings (SSSR count). The van der Waals surface area contributed by atoms with E-state index in [0.29, 0.717) is 5.56 Å². The van der Waals surface area contributed by atoms with Crippen LogP contribution in [0.15, 0.2) is 30.3 Å². The van der Waals surface area contributed by atoms with Gasteiger partial charge in [-0.1, -0.05) is 25.8 Å². The van der Waals surface area contributed by atoms with Gasteiger partial charge in [-0.25, -0.2) is 13.2 Å². The second-order valence-corrected chi connectivity index (χ2v) is 7.17. The van der Waals surface area contributed by atoms with Gasteiger partial charge in [0.15, 0.2) is 0 Å². The summed E-state index contributed by atoms with van der Waals surface area (Å²) in [7, 11) is 0. The Labute approximate surface area is 152 Å². The van der Waals surface area contributed by atoms with Crippen LogP contribution in [0.2, 0.25) is 0 Å². The number of hydrogen-bond acceptors (Lipinski definition) is 1. The fourth-order valence-electron chi connectivity index (χ4n) is 4.06. The van der Waals surface area contributed by atoms with Crippen LogP contribution in [0.3, 0.4) is 0 Å². The molecule has 0 aromatic heterocycles. The zero-order chi connectivity index (χ0) is 18.7. The van der Waals surface area contributed by atoms with Crippen LogP contribution in [0.1, 0.15) is 62.5 Å². The molecule has 2 aromatic rings. The van der Waals surface area contributed by atoms with E-state index in [4.69, 9.17) is 5.26 Å². The molecule has 0 bridgehead atoms. The summed E-state index contributed by atoms with van der Waals surface area (Å²) in [5, 5.41) is 8.78. The molecular weight excluding hydrogens is 335 g/mol. The molecule has 136 valence electrons. The summed E-state index contributed by atoms with van der Waals surface area (Å²) in [4.78, 5) is 0. The molecule has 2 aromatic carbocycles. The SMILES string of the molecule is CCC[C@H]1CC[C@H](c2cc(F)c(-c3ccc(C#N)c(F)c3)c(F)c2)CC1. The van der Waals surface area contributed by atoms with Gasteiger partial charge in [0.1, 0.15) is 23.5 Å². The highest BCUT2D eigenvalue weighted by Crippen LogP contribution is 2.39. The highest BCUT2D eigenvalue weighted by Gasteiger charge is 2.24.